The molecule has 184 valence electrons. The van der Waals surface area contributed by atoms with Gasteiger partial charge in [-0.2, -0.15) is 0 Å². The molecule has 34 heavy (non-hydrogen) atoms. The molecular formula is C23H32N6O5. The maximum Gasteiger partial charge on any atom is 0.326 e. The second kappa shape index (κ2) is 12.0. The molecule has 0 unspecified atom stereocenters. The van der Waals surface area contributed by atoms with Crippen LogP contribution in [0, 0.1) is 0 Å². The smallest absolute Gasteiger partial charge is 0.326 e. The van der Waals surface area contributed by atoms with Crippen LogP contribution in [0.4, 0.5) is 4.79 Å². The monoisotopic (exact) mass is 472 g/mol. The Bertz CT molecular complexity index is 1020. The lowest BCUT2D eigenvalue weighted by Gasteiger charge is -2.26. The molecule has 3 atom stereocenters. The fourth-order valence-electron chi connectivity index (χ4n) is 4.13. The zero-order chi connectivity index (χ0) is 24.5. The highest BCUT2D eigenvalue weighted by Gasteiger charge is 2.30. The lowest BCUT2D eigenvalue weighted by atomic mass is 10.0. The number of primary amides is 1. The van der Waals surface area contributed by atoms with Gasteiger partial charge in [-0.3, -0.25) is 9.59 Å². The highest BCUT2D eigenvalue weighted by Crippen LogP contribution is 2.19. The molecule has 1 saturated heterocycles. The third-order valence-corrected chi connectivity index (χ3v) is 5.94. The van der Waals surface area contributed by atoms with Gasteiger partial charge in [-0.05, 0) is 43.9 Å². The van der Waals surface area contributed by atoms with Crippen LogP contribution < -0.4 is 27.0 Å². The van der Waals surface area contributed by atoms with Crippen molar-refractivity contribution in [3.63, 3.8) is 0 Å². The van der Waals surface area contributed by atoms with Gasteiger partial charge in [0, 0.05) is 30.1 Å². The van der Waals surface area contributed by atoms with Crippen molar-refractivity contribution in [2.75, 3.05) is 13.1 Å². The van der Waals surface area contributed by atoms with E-state index in [0.29, 0.717) is 12.8 Å². The van der Waals surface area contributed by atoms with Gasteiger partial charge in [0.25, 0.3) is 0 Å². The number of nitrogens with two attached hydrogens (primary N) is 1. The van der Waals surface area contributed by atoms with E-state index in [0.717, 1.165) is 35.9 Å². The van der Waals surface area contributed by atoms with Crippen LogP contribution in [0.3, 0.4) is 0 Å². The summed E-state index contributed by atoms with van der Waals surface area (Å²) in [5.74, 6) is -2.06. The number of urea groups is 1. The fraction of sp³-hybridized carbons (Fsp3) is 0.478. The van der Waals surface area contributed by atoms with Crippen molar-refractivity contribution in [1.29, 1.82) is 0 Å². The Morgan fingerprint density at radius 3 is 2.62 bits per heavy atom. The topological polar surface area (TPSA) is 178 Å². The van der Waals surface area contributed by atoms with Crippen molar-refractivity contribution in [2.24, 2.45) is 5.73 Å². The molecule has 0 saturated carbocycles. The number of carbonyl (C=O) groups excluding carboxylic acids is 3. The average Bonchev–Trinajstić information content (AvgIpc) is 3.23. The molecule has 2 heterocycles. The predicted octanol–water partition coefficient (Wildman–Crippen LogP) is 0.355. The van der Waals surface area contributed by atoms with Crippen LogP contribution >= 0.6 is 0 Å². The average molecular weight is 473 g/mol. The van der Waals surface area contributed by atoms with E-state index in [2.05, 4.69) is 26.3 Å². The predicted molar refractivity (Wildman–Crippen MR) is 126 cm³/mol. The van der Waals surface area contributed by atoms with Crippen molar-refractivity contribution < 1.29 is 24.3 Å². The third-order valence-electron chi connectivity index (χ3n) is 5.94. The van der Waals surface area contributed by atoms with E-state index in [1.54, 1.807) is 6.20 Å². The summed E-state index contributed by atoms with van der Waals surface area (Å²) in [5, 5.41) is 21.4. The molecular weight excluding hydrogens is 440 g/mol. The minimum Gasteiger partial charge on any atom is -0.480 e. The van der Waals surface area contributed by atoms with Gasteiger partial charge in [0.1, 0.15) is 12.1 Å². The van der Waals surface area contributed by atoms with Crippen molar-refractivity contribution in [2.45, 2.75) is 56.7 Å². The van der Waals surface area contributed by atoms with Crippen molar-refractivity contribution in [3.05, 3.63) is 36.0 Å². The molecule has 1 aromatic carbocycles. The molecule has 2 aromatic rings. The van der Waals surface area contributed by atoms with E-state index >= 15 is 0 Å². The van der Waals surface area contributed by atoms with Crippen LogP contribution in [0.25, 0.3) is 10.9 Å². The number of carboxylic acid groups (broad SMARTS) is 1. The van der Waals surface area contributed by atoms with Crippen LogP contribution in [0.15, 0.2) is 30.5 Å². The van der Waals surface area contributed by atoms with Gasteiger partial charge in [-0.15, -0.1) is 0 Å². The zero-order valence-electron chi connectivity index (χ0n) is 18.9. The van der Waals surface area contributed by atoms with Gasteiger partial charge in [0.05, 0.1) is 6.04 Å². The summed E-state index contributed by atoms with van der Waals surface area (Å²) >= 11 is 0. The Balaban J connectivity index is 1.72. The molecule has 1 aromatic heterocycles. The number of hydrogen-bond acceptors (Lipinski definition) is 5. The summed E-state index contributed by atoms with van der Waals surface area (Å²) in [6.45, 7) is 0.926. The maximum absolute atomic E-state index is 13.2. The number of fused-ring (bicyclic) bond motifs is 1. The number of aromatic nitrogens is 1. The van der Waals surface area contributed by atoms with Gasteiger partial charge >= 0.3 is 12.0 Å². The standard InChI is InChI=1S/C23H32N6O5/c24-23(34)26-11-5-9-18(22(32)33)28-21(31)19(29-20(30)17-8-3-4-10-25-17)12-14-13-27-16-7-2-1-6-15(14)16/h1-2,6-7,13,17-19,25,27H,3-5,8-12H2,(H,28,31)(H,29,30)(H,32,33)(H3,24,26,34)/t17-,18-,19-/m0/s1. The van der Waals surface area contributed by atoms with E-state index in [-0.39, 0.29) is 31.3 Å². The molecule has 11 heteroatoms. The molecule has 0 aliphatic carbocycles. The Labute approximate surface area is 197 Å². The highest BCUT2D eigenvalue weighted by atomic mass is 16.4. The summed E-state index contributed by atoms with van der Waals surface area (Å²) in [6, 6.07) is 4.41. The Morgan fingerprint density at radius 2 is 1.91 bits per heavy atom. The first-order valence-electron chi connectivity index (χ1n) is 11.5. The maximum atomic E-state index is 13.2. The molecule has 3 rings (SSSR count). The van der Waals surface area contributed by atoms with Gasteiger partial charge in [-0.1, -0.05) is 24.6 Å². The number of rotatable bonds is 11. The number of carboxylic acids is 1. The second-order valence-electron chi connectivity index (χ2n) is 8.46. The number of aliphatic carboxylic acids is 1. The molecule has 0 spiro atoms. The summed E-state index contributed by atoms with van der Waals surface area (Å²) in [4.78, 5) is 51.7. The number of aromatic amines is 1. The van der Waals surface area contributed by atoms with Crippen molar-refractivity contribution in [3.8, 4) is 0 Å². The van der Waals surface area contributed by atoms with E-state index in [4.69, 9.17) is 5.73 Å². The largest absolute Gasteiger partial charge is 0.480 e. The fourth-order valence-corrected chi connectivity index (χ4v) is 4.13. The molecule has 0 bridgehead atoms. The Kier molecular flexibility index (Phi) is 8.86. The van der Waals surface area contributed by atoms with Crippen LogP contribution in [0.1, 0.15) is 37.7 Å². The second-order valence-corrected chi connectivity index (χ2v) is 8.46. The lowest BCUT2D eigenvalue weighted by molar-refractivity contribution is -0.142. The molecule has 1 fully saturated rings. The molecule has 8 N–H and O–H groups in total. The van der Waals surface area contributed by atoms with Gasteiger partial charge < -0.3 is 37.1 Å². The number of piperidine rings is 1. The Hall–Kier alpha value is -3.60. The van der Waals surface area contributed by atoms with E-state index in [1.165, 1.54) is 0 Å². The molecule has 1 aliphatic heterocycles. The SMILES string of the molecule is NC(=O)NCCC[C@H](NC(=O)[C@H](Cc1c[nH]c2ccccc12)NC(=O)[C@@H]1CCCCN1)C(=O)O. The van der Waals surface area contributed by atoms with Crippen molar-refractivity contribution in [1.82, 2.24) is 26.3 Å². The number of amides is 4. The lowest BCUT2D eigenvalue weighted by Crippen LogP contribution is -2.56. The van der Waals surface area contributed by atoms with E-state index < -0.39 is 30.0 Å². The van der Waals surface area contributed by atoms with Gasteiger partial charge in [-0.25, -0.2) is 9.59 Å². The van der Waals surface area contributed by atoms with E-state index in [9.17, 15) is 24.3 Å². The number of hydrogen-bond donors (Lipinski definition) is 7. The van der Waals surface area contributed by atoms with Crippen LogP contribution in [-0.4, -0.2) is 65.1 Å². The van der Waals surface area contributed by atoms with Crippen molar-refractivity contribution >= 4 is 34.7 Å². The number of H-pyrrole nitrogens is 1. The van der Waals surface area contributed by atoms with Gasteiger partial charge in [0.2, 0.25) is 11.8 Å². The normalized spacial score (nSPS) is 17.5. The zero-order valence-corrected chi connectivity index (χ0v) is 18.9. The minimum atomic E-state index is -1.20. The number of carbonyl (C=O) groups is 4. The molecule has 1 aliphatic rings. The summed E-state index contributed by atoms with van der Waals surface area (Å²) < 4.78 is 0. The quantitative estimate of drug-likeness (QED) is 0.232. The van der Waals surface area contributed by atoms with Crippen LogP contribution in [0.2, 0.25) is 0 Å². The molecule has 11 nitrogen and oxygen atoms in total. The van der Waals surface area contributed by atoms with Crippen LogP contribution in [0.5, 0.6) is 0 Å². The first-order chi connectivity index (χ1) is 16.3. The number of para-hydroxylation sites is 1. The van der Waals surface area contributed by atoms with Crippen LogP contribution in [-0.2, 0) is 20.8 Å². The first kappa shape index (κ1) is 25.0. The number of benzene rings is 1. The van der Waals surface area contributed by atoms with E-state index in [1.807, 2.05) is 24.3 Å². The summed E-state index contributed by atoms with van der Waals surface area (Å²) in [5.41, 5.74) is 6.76. The first-order valence-corrected chi connectivity index (χ1v) is 11.5. The Morgan fingerprint density at radius 1 is 1.12 bits per heavy atom. The summed E-state index contributed by atoms with van der Waals surface area (Å²) in [7, 11) is 0. The molecule has 0 radical (unpaired) electrons. The third kappa shape index (κ3) is 6.95. The number of nitrogens with one attached hydrogen (secondary N) is 5. The van der Waals surface area contributed by atoms with Gasteiger partial charge in [0.15, 0.2) is 0 Å². The molecule has 4 amide bonds. The summed E-state index contributed by atoms with van der Waals surface area (Å²) in [6.07, 6.45) is 4.99. The minimum absolute atomic E-state index is 0.0965. The highest BCUT2D eigenvalue weighted by molar-refractivity contribution is 5.93.